The predicted molar refractivity (Wildman–Crippen MR) is 97.3 cm³/mol. The zero-order valence-corrected chi connectivity index (χ0v) is 15.4. The molecule has 2 rings (SSSR count). The van der Waals surface area contributed by atoms with Gasteiger partial charge in [0.15, 0.2) is 5.96 Å². The van der Waals surface area contributed by atoms with Crippen LogP contribution >= 0.6 is 0 Å². The predicted octanol–water partition coefficient (Wildman–Crippen LogP) is 1.74. The molecule has 1 saturated heterocycles. The normalized spacial score (nSPS) is 17.8. The van der Waals surface area contributed by atoms with E-state index in [1.165, 1.54) is 0 Å². The van der Waals surface area contributed by atoms with Gasteiger partial charge in [-0.1, -0.05) is 18.2 Å². The molecule has 0 saturated carbocycles. The second kappa shape index (κ2) is 8.48. The third kappa shape index (κ3) is 4.48. The maximum atomic E-state index is 12.6. The molecule has 1 heterocycles. The lowest BCUT2D eigenvalue weighted by atomic mass is 9.98. The van der Waals surface area contributed by atoms with Crippen molar-refractivity contribution in [2.75, 3.05) is 32.7 Å². The lowest BCUT2D eigenvalue weighted by molar-refractivity contribution is 0.278. The summed E-state index contributed by atoms with van der Waals surface area (Å²) in [6.07, 6.45) is 1.64. The van der Waals surface area contributed by atoms with Crippen LogP contribution in [0.1, 0.15) is 26.7 Å². The van der Waals surface area contributed by atoms with Gasteiger partial charge in [-0.25, -0.2) is 8.42 Å². The maximum absolute atomic E-state index is 12.6. The number of nitrogens with two attached hydrogens (primary N) is 1. The topological polar surface area (TPSA) is 79.0 Å². The van der Waals surface area contributed by atoms with E-state index in [0.717, 1.165) is 25.9 Å². The number of guanidine groups is 1. The monoisotopic (exact) mass is 352 g/mol. The molecule has 24 heavy (non-hydrogen) atoms. The zero-order valence-electron chi connectivity index (χ0n) is 14.6. The first kappa shape index (κ1) is 18.7. The fourth-order valence-electron chi connectivity index (χ4n) is 2.94. The van der Waals surface area contributed by atoms with Crippen molar-refractivity contribution in [3.05, 3.63) is 30.3 Å². The van der Waals surface area contributed by atoms with E-state index < -0.39 is 10.0 Å². The maximum Gasteiger partial charge on any atom is 0.243 e. The molecule has 0 radical (unpaired) electrons. The third-order valence-corrected chi connectivity index (χ3v) is 6.47. The molecule has 0 unspecified atom stereocenters. The van der Waals surface area contributed by atoms with Gasteiger partial charge in [-0.05, 0) is 44.7 Å². The van der Waals surface area contributed by atoms with E-state index in [0.29, 0.717) is 36.4 Å². The largest absolute Gasteiger partial charge is 0.370 e. The van der Waals surface area contributed by atoms with Gasteiger partial charge in [-0.15, -0.1) is 0 Å². The summed E-state index contributed by atoms with van der Waals surface area (Å²) in [6, 6.07) is 8.63. The minimum Gasteiger partial charge on any atom is -0.370 e. The molecule has 0 spiro atoms. The van der Waals surface area contributed by atoms with Crippen molar-refractivity contribution >= 4 is 16.0 Å². The molecular weight excluding hydrogens is 324 g/mol. The number of nitrogens with zero attached hydrogens (tertiary/aromatic N) is 3. The number of aliphatic imine (C=N–C) groups is 1. The summed E-state index contributed by atoms with van der Waals surface area (Å²) in [6.45, 7) is 7.56. The van der Waals surface area contributed by atoms with Crippen LogP contribution in [-0.2, 0) is 10.0 Å². The smallest absolute Gasteiger partial charge is 0.243 e. The quantitative estimate of drug-likeness (QED) is 0.625. The van der Waals surface area contributed by atoms with Gasteiger partial charge in [-0.3, -0.25) is 4.99 Å². The SMILES string of the molecule is CCN(CC)C(N)=NCC1CCN(S(=O)(=O)c2ccccc2)CC1. The van der Waals surface area contributed by atoms with Crippen molar-refractivity contribution in [1.29, 1.82) is 0 Å². The van der Waals surface area contributed by atoms with E-state index in [4.69, 9.17) is 5.73 Å². The molecule has 7 heteroatoms. The van der Waals surface area contributed by atoms with Gasteiger partial charge >= 0.3 is 0 Å². The minimum atomic E-state index is -3.37. The Morgan fingerprint density at radius 1 is 1.21 bits per heavy atom. The van der Waals surface area contributed by atoms with Crippen molar-refractivity contribution in [2.45, 2.75) is 31.6 Å². The van der Waals surface area contributed by atoms with Gasteiger partial charge in [0.05, 0.1) is 4.90 Å². The Bertz CT molecular complexity index is 634. The lowest BCUT2D eigenvalue weighted by Gasteiger charge is -2.30. The summed E-state index contributed by atoms with van der Waals surface area (Å²) in [5, 5.41) is 0. The van der Waals surface area contributed by atoms with Crippen molar-refractivity contribution in [1.82, 2.24) is 9.21 Å². The van der Waals surface area contributed by atoms with Crippen molar-refractivity contribution in [3.63, 3.8) is 0 Å². The van der Waals surface area contributed by atoms with E-state index in [1.54, 1.807) is 28.6 Å². The van der Waals surface area contributed by atoms with Crippen molar-refractivity contribution < 1.29 is 8.42 Å². The highest BCUT2D eigenvalue weighted by atomic mass is 32.2. The molecule has 1 fully saturated rings. The highest BCUT2D eigenvalue weighted by molar-refractivity contribution is 7.89. The van der Waals surface area contributed by atoms with Crippen LogP contribution in [0.25, 0.3) is 0 Å². The molecule has 1 aromatic rings. The van der Waals surface area contributed by atoms with Crippen molar-refractivity contribution in [2.24, 2.45) is 16.6 Å². The third-order valence-electron chi connectivity index (χ3n) is 4.55. The number of hydrogen-bond donors (Lipinski definition) is 1. The zero-order chi connectivity index (χ0) is 17.6. The number of hydrogen-bond acceptors (Lipinski definition) is 3. The number of piperidine rings is 1. The Hall–Kier alpha value is -1.60. The molecule has 6 nitrogen and oxygen atoms in total. The second-order valence-corrected chi connectivity index (χ2v) is 7.97. The second-order valence-electron chi connectivity index (χ2n) is 6.03. The average Bonchev–Trinajstić information content (AvgIpc) is 2.62. The molecule has 2 N–H and O–H groups in total. The Kier molecular flexibility index (Phi) is 6.62. The Labute approximate surface area is 145 Å². The minimum absolute atomic E-state index is 0.368. The summed E-state index contributed by atoms with van der Waals surface area (Å²) >= 11 is 0. The van der Waals surface area contributed by atoms with E-state index >= 15 is 0 Å². The highest BCUT2D eigenvalue weighted by Crippen LogP contribution is 2.23. The van der Waals surface area contributed by atoms with Crippen LogP contribution in [0.15, 0.2) is 40.2 Å². The van der Waals surface area contributed by atoms with Gasteiger partial charge < -0.3 is 10.6 Å². The van der Waals surface area contributed by atoms with Crippen LogP contribution in [0.5, 0.6) is 0 Å². The van der Waals surface area contributed by atoms with E-state index in [9.17, 15) is 8.42 Å². The first-order valence-corrected chi connectivity index (χ1v) is 10.0. The molecule has 1 aliphatic heterocycles. The first-order chi connectivity index (χ1) is 11.5. The molecule has 0 aliphatic carbocycles. The molecule has 1 aliphatic rings. The molecular formula is C17H28N4O2S. The Morgan fingerprint density at radius 2 is 1.79 bits per heavy atom. The van der Waals surface area contributed by atoms with Crippen LogP contribution in [0.2, 0.25) is 0 Å². The van der Waals surface area contributed by atoms with Gasteiger partial charge in [0.25, 0.3) is 0 Å². The first-order valence-electron chi connectivity index (χ1n) is 8.59. The molecule has 0 aromatic heterocycles. The average molecular weight is 353 g/mol. The van der Waals surface area contributed by atoms with Crippen LogP contribution in [0.4, 0.5) is 0 Å². The van der Waals surface area contributed by atoms with Gasteiger partial charge in [-0.2, -0.15) is 4.31 Å². The summed E-state index contributed by atoms with van der Waals surface area (Å²) in [4.78, 5) is 6.88. The summed E-state index contributed by atoms with van der Waals surface area (Å²) in [5.74, 6) is 0.973. The highest BCUT2D eigenvalue weighted by Gasteiger charge is 2.29. The number of rotatable bonds is 6. The molecule has 1 aromatic carbocycles. The fraction of sp³-hybridized carbons (Fsp3) is 0.588. The van der Waals surface area contributed by atoms with E-state index in [-0.39, 0.29) is 0 Å². The Balaban J connectivity index is 1.91. The number of benzene rings is 1. The summed E-state index contributed by atoms with van der Waals surface area (Å²) < 4.78 is 26.8. The summed E-state index contributed by atoms with van der Waals surface area (Å²) in [5.41, 5.74) is 6.00. The van der Waals surface area contributed by atoms with Crippen LogP contribution in [0.3, 0.4) is 0 Å². The Morgan fingerprint density at radius 3 is 2.33 bits per heavy atom. The van der Waals surface area contributed by atoms with Gasteiger partial charge in [0.1, 0.15) is 0 Å². The lowest BCUT2D eigenvalue weighted by Crippen LogP contribution is -2.40. The van der Waals surface area contributed by atoms with Gasteiger partial charge in [0.2, 0.25) is 10.0 Å². The van der Waals surface area contributed by atoms with E-state index in [1.807, 2.05) is 11.0 Å². The standard InChI is InChI=1S/C17H28N4O2S/c1-3-20(4-2)17(18)19-14-15-10-12-21(13-11-15)24(22,23)16-8-6-5-7-9-16/h5-9,15H,3-4,10-14H2,1-2H3,(H2,18,19). The number of sulfonamides is 1. The summed E-state index contributed by atoms with van der Waals surface area (Å²) in [7, 11) is -3.37. The van der Waals surface area contributed by atoms with Gasteiger partial charge in [0, 0.05) is 32.7 Å². The molecule has 0 bridgehead atoms. The van der Waals surface area contributed by atoms with Crippen LogP contribution < -0.4 is 5.73 Å². The van der Waals surface area contributed by atoms with Crippen molar-refractivity contribution in [3.8, 4) is 0 Å². The molecule has 0 atom stereocenters. The van der Waals surface area contributed by atoms with E-state index in [2.05, 4.69) is 18.8 Å². The fourth-order valence-corrected chi connectivity index (χ4v) is 4.43. The molecule has 134 valence electrons. The molecule has 0 amide bonds. The van der Waals surface area contributed by atoms with Crippen LogP contribution in [0, 0.1) is 5.92 Å². The van der Waals surface area contributed by atoms with Crippen LogP contribution in [-0.4, -0.2) is 56.3 Å².